The summed E-state index contributed by atoms with van der Waals surface area (Å²) in [6.07, 6.45) is 2.21. The number of pyridine rings is 1. The highest BCUT2D eigenvalue weighted by Crippen LogP contribution is 2.25. The van der Waals surface area contributed by atoms with Gasteiger partial charge in [0.05, 0.1) is 13.7 Å². The van der Waals surface area contributed by atoms with E-state index in [0.717, 1.165) is 16.0 Å². The molecule has 1 atom stereocenters. The van der Waals surface area contributed by atoms with Crippen LogP contribution in [-0.2, 0) is 22.5 Å². The summed E-state index contributed by atoms with van der Waals surface area (Å²) in [6, 6.07) is 12.7. The van der Waals surface area contributed by atoms with Crippen LogP contribution in [0, 0.1) is 0 Å². The number of aromatic nitrogens is 1. The molecule has 0 radical (unpaired) electrons. The first-order valence-corrected chi connectivity index (χ1v) is 7.49. The third-order valence-electron chi connectivity index (χ3n) is 3.93. The Hall–Kier alpha value is -2.89. The normalized spacial score (nSPS) is 12.9. The van der Waals surface area contributed by atoms with Crippen LogP contribution in [0.3, 0.4) is 0 Å². The van der Waals surface area contributed by atoms with Gasteiger partial charge in [0.25, 0.3) is 0 Å². The third kappa shape index (κ3) is 3.90. The van der Waals surface area contributed by atoms with Crippen molar-refractivity contribution in [3.05, 3.63) is 66.0 Å². The Balaban J connectivity index is 2.38. The SMILES string of the molecule is COC(=O)C(C)(Cc1ccccc1)N(Cc1ccncc1)C(=O)O. The van der Waals surface area contributed by atoms with Gasteiger partial charge in [-0.15, -0.1) is 0 Å². The van der Waals surface area contributed by atoms with E-state index in [0.29, 0.717) is 0 Å². The zero-order chi connectivity index (χ0) is 17.6. The first-order chi connectivity index (χ1) is 11.5. The summed E-state index contributed by atoms with van der Waals surface area (Å²) in [5, 5.41) is 9.70. The molecule has 0 aliphatic heterocycles. The summed E-state index contributed by atoms with van der Waals surface area (Å²) in [6.45, 7) is 1.65. The molecule has 2 aromatic rings. The van der Waals surface area contributed by atoms with Crippen LogP contribution in [0.15, 0.2) is 54.9 Å². The summed E-state index contributed by atoms with van der Waals surface area (Å²) < 4.78 is 4.90. The summed E-state index contributed by atoms with van der Waals surface area (Å²) in [5.41, 5.74) is 0.257. The fourth-order valence-electron chi connectivity index (χ4n) is 2.61. The number of nitrogens with zero attached hydrogens (tertiary/aromatic N) is 2. The van der Waals surface area contributed by atoms with Gasteiger partial charge in [0, 0.05) is 18.8 Å². The van der Waals surface area contributed by atoms with Crippen LogP contribution >= 0.6 is 0 Å². The lowest BCUT2D eigenvalue weighted by molar-refractivity contribution is -0.153. The monoisotopic (exact) mass is 328 g/mol. The van der Waals surface area contributed by atoms with Gasteiger partial charge in [-0.2, -0.15) is 0 Å². The van der Waals surface area contributed by atoms with Gasteiger partial charge < -0.3 is 9.84 Å². The molecular formula is C18H20N2O4. The minimum absolute atomic E-state index is 0.0658. The van der Waals surface area contributed by atoms with E-state index in [4.69, 9.17) is 4.74 Å². The Morgan fingerprint density at radius 2 is 1.75 bits per heavy atom. The average molecular weight is 328 g/mol. The highest BCUT2D eigenvalue weighted by molar-refractivity contribution is 5.85. The maximum Gasteiger partial charge on any atom is 0.408 e. The molecule has 0 spiro atoms. The molecule has 0 aliphatic carbocycles. The van der Waals surface area contributed by atoms with Crippen LogP contribution in [0.5, 0.6) is 0 Å². The number of esters is 1. The molecular weight excluding hydrogens is 308 g/mol. The number of hydrogen-bond acceptors (Lipinski definition) is 4. The molecule has 24 heavy (non-hydrogen) atoms. The van der Waals surface area contributed by atoms with Crippen LogP contribution in [0.25, 0.3) is 0 Å². The van der Waals surface area contributed by atoms with Gasteiger partial charge in [-0.25, -0.2) is 9.59 Å². The van der Waals surface area contributed by atoms with Crippen LogP contribution in [0.1, 0.15) is 18.1 Å². The standard InChI is InChI=1S/C18H20N2O4/c1-18(16(21)24-2,12-14-6-4-3-5-7-14)20(17(22)23)13-15-8-10-19-11-9-15/h3-11H,12-13H2,1-2H3,(H,22,23). The Morgan fingerprint density at radius 3 is 2.29 bits per heavy atom. The predicted molar refractivity (Wildman–Crippen MR) is 88.4 cm³/mol. The molecule has 0 fully saturated rings. The summed E-state index contributed by atoms with van der Waals surface area (Å²) in [4.78, 5) is 29.3. The minimum atomic E-state index is -1.34. The summed E-state index contributed by atoms with van der Waals surface area (Å²) >= 11 is 0. The minimum Gasteiger partial charge on any atom is -0.467 e. The quantitative estimate of drug-likeness (QED) is 0.825. The second-order valence-corrected chi connectivity index (χ2v) is 5.65. The lowest BCUT2D eigenvalue weighted by atomic mass is 9.90. The zero-order valence-corrected chi connectivity index (χ0v) is 13.7. The Kier molecular flexibility index (Phi) is 5.52. The number of amides is 1. The molecule has 0 saturated carbocycles. The van der Waals surface area contributed by atoms with Crippen molar-refractivity contribution in [2.75, 3.05) is 7.11 Å². The molecule has 0 aliphatic rings. The van der Waals surface area contributed by atoms with Crippen molar-refractivity contribution in [2.24, 2.45) is 0 Å². The van der Waals surface area contributed by atoms with E-state index in [1.165, 1.54) is 7.11 Å². The van der Waals surface area contributed by atoms with Gasteiger partial charge in [-0.3, -0.25) is 9.88 Å². The Morgan fingerprint density at radius 1 is 1.12 bits per heavy atom. The number of ether oxygens (including phenoxy) is 1. The van der Waals surface area contributed by atoms with Crippen molar-refractivity contribution in [1.82, 2.24) is 9.88 Å². The van der Waals surface area contributed by atoms with Crippen molar-refractivity contribution < 1.29 is 19.4 Å². The molecule has 0 saturated heterocycles. The molecule has 1 N–H and O–H groups in total. The van der Waals surface area contributed by atoms with Gasteiger partial charge in [-0.1, -0.05) is 30.3 Å². The van der Waals surface area contributed by atoms with Crippen LogP contribution in [0.4, 0.5) is 4.79 Å². The lowest BCUT2D eigenvalue weighted by Crippen LogP contribution is -2.56. The topological polar surface area (TPSA) is 79.7 Å². The van der Waals surface area contributed by atoms with Gasteiger partial charge in [0.2, 0.25) is 0 Å². The first-order valence-electron chi connectivity index (χ1n) is 7.49. The second-order valence-electron chi connectivity index (χ2n) is 5.65. The number of carboxylic acid groups (broad SMARTS) is 1. The van der Waals surface area contributed by atoms with E-state index < -0.39 is 17.6 Å². The van der Waals surface area contributed by atoms with Gasteiger partial charge in [-0.05, 0) is 30.2 Å². The molecule has 1 aromatic heterocycles. The zero-order valence-electron chi connectivity index (χ0n) is 13.7. The molecule has 1 heterocycles. The molecule has 1 amide bonds. The van der Waals surface area contributed by atoms with Crippen LogP contribution in [-0.4, -0.2) is 39.7 Å². The average Bonchev–Trinajstić information content (AvgIpc) is 2.60. The van der Waals surface area contributed by atoms with Crippen molar-refractivity contribution in [1.29, 1.82) is 0 Å². The van der Waals surface area contributed by atoms with E-state index in [1.807, 2.05) is 30.3 Å². The highest BCUT2D eigenvalue weighted by atomic mass is 16.5. The van der Waals surface area contributed by atoms with Gasteiger partial charge >= 0.3 is 12.1 Å². The largest absolute Gasteiger partial charge is 0.467 e. The van der Waals surface area contributed by atoms with E-state index in [9.17, 15) is 14.7 Å². The highest BCUT2D eigenvalue weighted by Gasteiger charge is 2.43. The molecule has 0 bridgehead atoms. The first kappa shape index (κ1) is 17.5. The van der Waals surface area contributed by atoms with E-state index >= 15 is 0 Å². The van der Waals surface area contributed by atoms with Gasteiger partial charge in [0.15, 0.2) is 0 Å². The summed E-state index contributed by atoms with van der Waals surface area (Å²) in [7, 11) is 1.26. The molecule has 6 heteroatoms. The maximum atomic E-state index is 12.4. The van der Waals surface area contributed by atoms with Gasteiger partial charge in [0.1, 0.15) is 5.54 Å². The number of carbonyl (C=O) groups excluding carboxylic acids is 1. The fraction of sp³-hybridized carbons (Fsp3) is 0.278. The molecule has 1 aromatic carbocycles. The van der Waals surface area contributed by atoms with Crippen molar-refractivity contribution >= 4 is 12.1 Å². The third-order valence-corrected chi connectivity index (χ3v) is 3.93. The molecule has 1 unspecified atom stereocenters. The van der Waals surface area contributed by atoms with E-state index in [2.05, 4.69) is 4.98 Å². The molecule has 126 valence electrons. The second kappa shape index (κ2) is 7.59. The Bertz CT molecular complexity index is 691. The van der Waals surface area contributed by atoms with E-state index in [1.54, 1.807) is 31.5 Å². The molecule has 2 rings (SSSR count). The Labute approximate surface area is 140 Å². The number of benzene rings is 1. The number of rotatable bonds is 6. The smallest absolute Gasteiger partial charge is 0.408 e. The molecule has 6 nitrogen and oxygen atoms in total. The number of hydrogen-bond donors (Lipinski definition) is 1. The van der Waals surface area contributed by atoms with Crippen molar-refractivity contribution in [2.45, 2.75) is 25.4 Å². The number of carbonyl (C=O) groups is 2. The lowest BCUT2D eigenvalue weighted by Gasteiger charge is -2.37. The van der Waals surface area contributed by atoms with E-state index in [-0.39, 0.29) is 13.0 Å². The van der Waals surface area contributed by atoms with Crippen molar-refractivity contribution in [3.8, 4) is 0 Å². The maximum absolute atomic E-state index is 12.4. The van der Waals surface area contributed by atoms with Crippen LogP contribution < -0.4 is 0 Å². The summed E-state index contributed by atoms with van der Waals surface area (Å²) in [5.74, 6) is -0.595. The fourth-order valence-corrected chi connectivity index (χ4v) is 2.61. The van der Waals surface area contributed by atoms with Crippen LogP contribution in [0.2, 0.25) is 0 Å². The van der Waals surface area contributed by atoms with Crippen molar-refractivity contribution in [3.63, 3.8) is 0 Å². The predicted octanol–water partition coefficient (Wildman–Crippen LogP) is 2.74. The number of methoxy groups -OCH3 is 1.